The van der Waals surface area contributed by atoms with Crippen LogP contribution < -0.4 is 0 Å². The number of hydrogen-bond acceptors (Lipinski definition) is 7. The summed E-state index contributed by atoms with van der Waals surface area (Å²) >= 11 is 0. The summed E-state index contributed by atoms with van der Waals surface area (Å²) in [7, 11) is 1.50. The van der Waals surface area contributed by atoms with E-state index >= 15 is 0 Å². The summed E-state index contributed by atoms with van der Waals surface area (Å²) in [5.74, 6) is 0.315. The fourth-order valence-electron chi connectivity index (χ4n) is 10.7. The van der Waals surface area contributed by atoms with Crippen molar-refractivity contribution in [3.8, 4) is 0 Å². The lowest BCUT2D eigenvalue weighted by atomic mass is 9.34. The second-order valence-electron chi connectivity index (χ2n) is 15.7. The third-order valence-electron chi connectivity index (χ3n) is 13.1. The quantitative estimate of drug-likeness (QED) is 0.479. The zero-order chi connectivity index (χ0) is 29.1. The van der Waals surface area contributed by atoms with E-state index < -0.39 is 22.3 Å². The van der Waals surface area contributed by atoms with Crippen molar-refractivity contribution < 1.29 is 19.4 Å². The molecule has 1 heterocycles. The summed E-state index contributed by atoms with van der Waals surface area (Å²) in [6, 6.07) is 0. The lowest BCUT2D eigenvalue weighted by Gasteiger charge is -2.69. The second-order valence-corrected chi connectivity index (χ2v) is 15.7. The van der Waals surface area contributed by atoms with Crippen molar-refractivity contribution in [1.29, 1.82) is 0 Å². The van der Waals surface area contributed by atoms with E-state index in [1.54, 1.807) is 0 Å². The van der Waals surface area contributed by atoms with E-state index in [4.69, 9.17) is 4.74 Å². The first-order valence-corrected chi connectivity index (χ1v) is 15.1. The van der Waals surface area contributed by atoms with E-state index in [1.807, 2.05) is 6.08 Å². The molecule has 6 rings (SSSR count). The second kappa shape index (κ2) is 8.36. The minimum absolute atomic E-state index is 0.0369. The molecule has 3 fully saturated rings. The first kappa shape index (κ1) is 27.8. The Labute approximate surface area is 237 Å². The van der Waals surface area contributed by atoms with Gasteiger partial charge in [-0.25, -0.2) is 0 Å². The number of carbonyl (C=O) groups is 2. The van der Waals surface area contributed by atoms with Crippen LogP contribution in [0.2, 0.25) is 0 Å². The summed E-state index contributed by atoms with van der Waals surface area (Å²) in [4.78, 5) is 28.0. The van der Waals surface area contributed by atoms with Gasteiger partial charge in [-0.15, -0.1) is 10.2 Å². The maximum absolute atomic E-state index is 14.6. The Morgan fingerprint density at radius 3 is 2.40 bits per heavy atom. The molecule has 0 saturated heterocycles. The number of methoxy groups -OCH3 is 1. The number of tetrazole rings is 1. The Hall–Kier alpha value is -2.35. The normalized spacial score (nSPS) is 45.2. The predicted octanol–water partition coefficient (Wildman–Crippen LogP) is 5.32. The average molecular weight is 551 g/mol. The lowest BCUT2D eigenvalue weighted by molar-refractivity contribution is -0.191. The van der Waals surface area contributed by atoms with E-state index in [0.29, 0.717) is 11.4 Å². The van der Waals surface area contributed by atoms with Crippen molar-refractivity contribution >= 4 is 17.3 Å². The zero-order valence-electron chi connectivity index (χ0n) is 25.4. The number of ketones is 1. The van der Waals surface area contributed by atoms with Gasteiger partial charge in [0, 0.05) is 16.9 Å². The Morgan fingerprint density at radius 2 is 1.75 bits per heavy atom. The van der Waals surface area contributed by atoms with Crippen LogP contribution in [0.5, 0.6) is 0 Å². The molecule has 1 aromatic heterocycles. The number of aliphatic hydroxyl groups is 1. The first-order chi connectivity index (χ1) is 18.6. The Bertz CT molecular complexity index is 1310. The van der Waals surface area contributed by atoms with Crippen LogP contribution in [0.3, 0.4) is 0 Å². The van der Waals surface area contributed by atoms with Gasteiger partial charge in [0.25, 0.3) is 0 Å². The first-order valence-electron chi connectivity index (χ1n) is 15.1. The predicted molar refractivity (Wildman–Crippen MR) is 150 cm³/mol. The molecule has 218 valence electrons. The van der Waals surface area contributed by atoms with Gasteiger partial charge in [0.05, 0.1) is 18.6 Å². The molecule has 8 heteroatoms. The molecule has 1 aromatic rings. The fourth-order valence-corrected chi connectivity index (χ4v) is 10.7. The highest BCUT2D eigenvalue weighted by molar-refractivity contribution is 5.96. The summed E-state index contributed by atoms with van der Waals surface area (Å²) in [5.41, 5.74) is -0.126. The number of aromatic nitrogens is 4. The molecule has 8 atom stereocenters. The number of carbonyl (C=O) groups excluding carboxylic acids is 2. The fraction of sp³-hybridized carbons (Fsp3) is 0.781. The van der Waals surface area contributed by atoms with Gasteiger partial charge in [0.2, 0.25) is 5.82 Å². The summed E-state index contributed by atoms with van der Waals surface area (Å²) in [5, 5.41) is 26.3. The maximum Gasteiger partial charge on any atom is 0.312 e. The van der Waals surface area contributed by atoms with Crippen LogP contribution in [0.4, 0.5) is 0 Å². The van der Waals surface area contributed by atoms with Crippen LogP contribution in [-0.2, 0) is 14.3 Å². The van der Waals surface area contributed by atoms with E-state index in [9.17, 15) is 14.7 Å². The molecular weight excluding hydrogens is 504 g/mol. The van der Waals surface area contributed by atoms with Gasteiger partial charge >= 0.3 is 5.97 Å². The maximum atomic E-state index is 14.6. The van der Waals surface area contributed by atoms with Gasteiger partial charge in [-0.05, 0) is 89.7 Å². The largest absolute Gasteiger partial charge is 0.469 e. The van der Waals surface area contributed by atoms with E-state index in [2.05, 4.69) is 75.2 Å². The van der Waals surface area contributed by atoms with Crippen molar-refractivity contribution in [2.45, 2.75) is 99.5 Å². The topological polar surface area (TPSA) is 118 Å². The van der Waals surface area contributed by atoms with Crippen molar-refractivity contribution in [2.24, 2.45) is 50.2 Å². The van der Waals surface area contributed by atoms with Crippen molar-refractivity contribution in [1.82, 2.24) is 20.6 Å². The molecular formula is C32H46N4O4. The van der Waals surface area contributed by atoms with Gasteiger partial charge in [0.1, 0.15) is 0 Å². The van der Waals surface area contributed by atoms with Crippen molar-refractivity contribution in [3.05, 3.63) is 23.5 Å². The molecule has 0 aliphatic heterocycles. The van der Waals surface area contributed by atoms with Gasteiger partial charge < -0.3 is 9.84 Å². The van der Waals surface area contributed by atoms with Crippen LogP contribution in [0, 0.1) is 50.2 Å². The monoisotopic (exact) mass is 550 g/mol. The van der Waals surface area contributed by atoms with Crippen LogP contribution >= 0.6 is 0 Å². The minimum atomic E-state index is -0.740. The molecule has 0 bridgehead atoms. The molecule has 0 radical (unpaired) electrons. The van der Waals surface area contributed by atoms with Crippen LogP contribution in [-0.4, -0.2) is 50.7 Å². The zero-order valence-corrected chi connectivity index (χ0v) is 25.4. The number of ether oxygens (including phenoxy) is 1. The van der Waals surface area contributed by atoms with E-state index in [-0.39, 0.29) is 45.8 Å². The number of rotatable bonds is 2. The van der Waals surface area contributed by atoms with Crippen LogP contribution in [0.1, 0.15) is 99.2 Å². The molecule has 3 saturated carbocycles. The van der Waals surface area contributed by atoms with Crippen LogP contribution in [0.25, 0.3) is 5.57 Å². The number of H-pyrrole nitrogens is 1. The molecule has 8 nitrogen and oxygen atoms in total. The lowest BCUT2D eigenvalue weighted by Crippen LogP contribution is -2.66. The number of aliphatic hydroxyl groups excluding tert-OH is 1. The number of aromatic amines is 1. The Balaban J connectivity index is 1.53. The molecule has 2 N–H and O–H groups in total. The van der Waals surface area contributed by atoms with Gasteiger partial charge in [-0.2, -0.15) is 5.21 Å². The van der Waals surface area contributed by atoms with Gasteiger partial charge in [0.15, 0.2) is 5.78 Å². The Morgan fingerprint density at radius 1 is 1.05 bits per heavy atom. The molecule has 5 aliphatic carbocycles. The molecule has 0 spiro atoms. The third-order valence-corrected chi connectivity index (χ3v) is 13.1. The highest BCUT2D eigenvalue weighted by atomic mass is 16.5. The van der Waals surface area contributed by atoms with Crippen molar-refractivity contribution in [2.75, 3.05) is 7.11 Å². The summed E-state index contributed by atoms with van der Waals surface area (Å²) in [6.07, 6.45) is 9.44. The number of nitrogens with one attached hydrogen (secondary N) is 1. The number of allylic oxidation sites excluding steroid dienone is 3. The van der Waals surface area contributed by atoms with Gasteiger partial charge in [-0.1, -0.05) is 60.1 Å². The van der Waals surface area contributed by atoms with E-state index in [0.717, 1.165) is 44.9 Å². The number of esters is 1. The Kier molecular flexibility index (Phi) is 5.81. The SMILES string of the molecule is COC(=O)[C@]12CCC(C)(C)C[C@H]1[C@H]1C(=O)C=C3[C@@]4(C)C=C(c5nn[nH]n5)C(O)C(C)(C)C4CC[C@@]3(C)[C@]1(C)CC2. The smallest absolute Gasteiger partial charge is 0.312 e. The number of fused-ring (bicyclic) bond motifs is 7. The summed E-state index contributed by atoms with van der Waals surface area (Å²) < 4.78 is 5.45. The van der Waals surface area contributed by atoms with Crippen LogP contribution in [0.15, 0.2) is 17.7 Å². The molecule has 0 amide bonds. The highest BCUT2D eigenvalue weighted by Gasteiger charge is 2.71. The molecule has 5 aliphatic rings. The summed E-state index contributed by atoms with van der Waals surface area (Å²) in [6.45, 7) is 15.8. The van der Waals surface area contributed by atoms with Crippen molar-refractivity contribution in [3.63, 3.8) is 0 Å². The van der Waals surface area contributed by atoms with E-state index in [1.165, 1.54) is 12.7 Å². The number of hydrogen-bond donors (Lipinski definition) is 2. The average Bonchev–Trinajstić information content (AvgIpc) is 3.42. The number of nitrogens with zero attached hydrogens (tertiary/aromatic N) is 3. The molecule has 2 unspecified atom stereocenters. The molecule has 0 aromatic carbocycles. The standard InChI is InChI=1S/C32H46N4O4/c1-27(2)11-13-32(26(39)40-8)14-12-31(7)23(19(32)17-27)20(37)15-22-29(5)16-18(25-33-35-36-34-25)24(38)28(3,4)21(29)9-10-30(22,31)6/h15-16,19,21,23-24,38H,9-14,17H2,1-8H3,(H,33,34,35,36)/t19-,21?,23-,24?,29-,30+,31+,32-/m0/s1. The van der Waals surface area contributed by atoms with Gasteiger partial charge in [-0.3, -0.25) is 9.59 Å². The third kappa shape index (κ3) is 3.31. The highest BCUT2D eigenvalue weighted by Crippen LogP contribution is 2.75. The minimum Gasteiger partial charge on any atom is -0.469 e. The molecule has 40 heavy (non-hydrogen) atoms.